The van der Waals surface area contributed by atoms with Gasteiger partial charge in [0.25, 0.3) is 5.91 Å². The summed E-state index contributed by atoms with van der Waals surface area (Å²) in [6.07, 6.45) is 5.06. The molecule has 1 amide bonds. The number of carbonyl (C=O) groups excluding carboxylic acids is 2. The van der Waals surface area contributed by atoms with Gasteiger partial charge in [-0.3, -0.25) is 9.59 Å². The summed E-state index contributed by atoms with van der Waals surface area (Å²) in [5, 5.41) is 16.7. The van der Waals surface area contributed by atoms with Gasteiger partial charge in [-0.25, -0.2) is 4.79 Å². The first kappa shape index (κ1) is 26.7. The summed E-state index contributed by atoms with van der Waals surface area (Å²) in [6, 6.07) is 11.0. The van der Waals surface area contributed by atoms with Crippen LogP contribution in [0.3, 0.4) is 0 Å². The fourth-order valence-electron chi connectivity index (χ4n) is 5.29. The molecule has 3 N–H and O–H groups in total. The van der Waals surface area contributed by atoms with Gasteiger partial charge in [0.2, 0.25) is 0 Å². The van der Waals surface area contributed by atoms with Crippen LogP contribution in [0.4, 0.5) is 5.69 Å². The van der Waals surface area contributed by atoms with Crippen molar-refractivity contribution in [1.29, 1.82) is 0 Å². The molecule has 36 heavy (non-hydrogen) atoms. The van der Waals surface area contributed by atoms with Crippen molar-refractivity contribution in [3.63, 3.8) is 0 Å². The average molecular weight is 594 g/mol. The predicted octanol–water partition coefficient (Wildman–Crippen LogP) is 6.92. The van der Waals surface area contributed by atoms with E-state index in [1.165, 1.54) is 0 Å². The first-order chi connectivity index (χ1) is 17.2. The fraction of sp³-hybridized carbons (Fsp3) is 0.370. The van der Waals surface area contributed by atoms with Gasteiger partial charge in [0.1, 0.15) is 6.04 Å². The van der Waals surface area contributed by atoms with Gasteiger partial charge in [0, 0.05) is 17.3 Å². The van der Waals surface area contributed by atoms with Gasteiger partial charge >= 0.3 is 5.97 Å². The topological polar surface area (TPSA) is 95.5 Å². The number of anilines is 1. The number of hydrogen-bond acceptors (Lipinski definition) is 4. The smallest absolute Gasteiger partial charge is 0.326 e. The number of carboxylic acids is 1. The Bertz CT molecular complexity index is 1200. The minimum atomic E-state index is -0.981. The van der Waals surface area contributed by atoms with Gasteiger partial charge in [-0.1, -0.05) is 67.6 Å². The molecule has 2 aliphatic rings. The van der Waals surface area contributed by atoms with Gasteiger partial charge in [-0.05, 0) is 65.0 Å². The second-order valence-electron chi connectivity index (χ2n) is 9.31. The first-order valence-corrected chi connectivity index (χ1v) is 13.5. The molecule has 0 radical (unpaired) electrons. The molecular weight excluding hydrogens is 567 g/mol. The third-order valence-electron chi connectivity index (χ3n) is 7.23. The summed E-state index contributed by atoms with van der Waals surface area (Å²) in [5.74, 6) is -1.69. The molecule has 6 nitrogen and oxygen atoms in total. The molecule has 1 spiro atoms. The number of hydrogen-bond donors (Lipinski definition) is 3. The molecule has 0 aromatic heterocycles. The maximum absolute atomic E-state index is 12.7. The van der Waals surface area contributed by atoms with Crippen molar-refractivity contribution in [2.75, 3.05) is 5.32 Å². The average Bonchev–Trinajstić information content (AvgIpc) is 2.87. The molecule has 0 heterocycles. The number of carboxylic acid groups (broad SMARTS) is 1. The summed E-state index contributed by atoms with van der Waals surface area (Å²) in [6.45, 7) is 1.93. The van der Waals surface area contributed by atoms with Gasteiger partial charge in [-0.2, -0.15) is 0 Å². The minimum Gasteiger partial charge on any atom is -0.480 e. The number of amides is 1. The molecule has 1 unspecified atom stereocenters. The lowest BCUT2D eigenvalue weighted by atomic mass is 9.62. The third kappa shape index (κ3) is 4.93. The highest BCUT2D eigenvalue weighted by atomic mass is 79.9. The lowest BCUT2D eigenvalue weighted by molar-refractivity contribution is -0.140. The van der Waals surface area contributed by atoms with Crippen molar-refractivity contribution in [3.8, 4) is 0 Å². The molecule has 0 saturated heterocycles. The van der Waals surface area contributed by atoms with Crippen molar-refractivity contribution in [1.82, 2.24) is 5.32 Å². The van der Waals surface area contributed by atoms with E-state index in [1.54, 1.807) is 42.5 Å². The summed E-state index contributed by atoms with van der Waals surface area (Å²) in [5.41, 5.74) is 1.67. The van der Waals surface area contributed by atoms with Crippen molar-refractivity contribution in [3.05, 3.63) is 73.8 Å². The number of Topliss-reactive ketones (excluding diaryl/α,β-unsaturated/α-hetero) is 1. The quantitative estimate of drug-likeness (QED) is 0.309. The van der Waals surface area contributed by atoms with Crippen LogP contribution in [0.1, 0.15) is 67.3 Å². The molecule has 1 fully saturated rings. The Balaban J connectivity index is 1.53. The van der Waals surface area contributed by atoms with Crippen LogP contribution in [-0.4, -0.2) is 28.8 Å². The fourth-order valence-corrected chi connectivity index (χ4v) is 6.74. The van der Waals surface area contributed by atoms with E-state index in [4.69, 9.17) is 23.2 Å². The molecule has 1 saturated carbocycles. The third-order valence-corrected chi connectivity index (χ3v) is 8.62. The van der Waals surface area contributed by atoms with Gasteiger partial charge < -0.3 is 15.7 Å². The maximum atomic E-state index is 12.7. The van der Waals surface area contributed by atoms with Gasteiger partial charge in [-0.15, -0.1) is 0 Å². The highest BCUT2D eigenvalue weighted by Crippen LogP contribution is 2.53. The Labute approximate surface area is 228 Å². The van der Waals surface area contributed by atoms with Crippen LogP contribution >= 0.6 is 39.1 Å². The van der Waals surface area contributed by atoms with E-state index < -0.39 is 23.3 Å². The minimum absolute atomic E-state index is 0.0700. The highest BCUT2D eigenvalue weighted by Gasteiger charge is 2.54. The van der Waals surface area contributed by atoms with Crippen LogP contribution in [0.2, 0.25) is 10.0 Å². The second-order valence-corrected chi connectivity index (χ2v) is 10.9. The molecule has 2 aliphatic carbocycles. The van der Waals surface area contributed by atoms with Crippen LogP contribution in [0.25, 0.3) is 0 Å². The first-order valence-electron chi connectivity index (χ1n) is 12.0. The number of benzene rings is 2. The Morgan fingerprint density at radius 3 is 2.22 bits per heavy atom. The predicted molar refractivity (Wildman–Crippen MR) is 145 cm³/mol. The second kappa shape index (κ2) is 11.0. The Kier molecular flexibility index (Phi) is 8.12. The number of aliphatic carboxylic acids is 1. The monoisotopic (exact) mass is 592 g/mol. The van der Waals surface area contributed by atoms with Crippen molar-refractivity contribution < 1.29 is 19.5 Å². The molecule has 2 aromatic carbocycles. The van der Waals surface area contributed by atoms with Gasteiger partial charge in [0.05, 0.1) is 25.5 Å². The maximum Gasteiger partial charge on any atom is 0.326 e. The van der Waals surface area contributed by atoms with Crippen molar-refractivity contribution in [2.24, 2.45) is 5.41 Å². The van der Waals surface area contributed by atoms with E-state index in [0.717, 1.165) is 43.4 Å². The van der Waals surface area contributed by atoms with E-state index in [0.29, 0.717) is 16.6 Å². The Hall–Kier alpha value is -2.35. The zero-order valence-electron chi connectivity index (χ0n) is 19.7. The molecule has 2 atom stereocenters. The zero-order chi connectivity index (χ0) is 26.0. The number of ketones is 1. The number of carbonyl (C=O) groups is 3. The summed E-state index contributed by atoms with van der Waals surface area (Å²) >= 11 is 15.7. The zero-order valence-corrected chi connectivity index (χ0v) is 22.8. The van der Waals surface area contributed by atoms with E-state index in [2.05, 4.69) is 26.6 Å². The standard InChI is InChI=1S/C27H27BrCl2N2O4/c1-2-17(22(26(35)36)32-23-21(28)24(33)27(23)13-4-3-5-14-27)15-9-11-16(12-10-15)31-25(34)20-18(29)7-6-8-19(20)30/h6-12,17,22,32H,2-5,13-14H2,1H3,(H,31,34)(H,35,36)/t17?,22-/m0/s1. The Morgan fingerprint density at radius 1 is 1.06 bits per heavy atom. The van der Waals surface area contributed by atoms with Crippen molar-refractivity contribution >= 4 is 62.5 Å². The van der Waals surface area contributed by atoms with Crippen LogP contribution < -0.4 is 10.6 Å². The molecule has 4 rings (SSSR count). The molecule has 9 heteroatoms. The van der Waals surface area contributed by atoms with E-state index in [1.807, 2.05) is 6.92 Å². The normalized spacial score (nSPS) is 18.4. The van der Waals surface area contributed by atoms with Gasteiger partial charge in [0.15, 0.2) is 5.78 Å². The van der Waals surface area contributed by atoms with Crippen LogP contribution in [-0.2, 0) is 9.59 Å². The van der Waals surface area contributed by atoms with E-state index in [-0.39, 0.29) is 27.3 Å². The molecular formula is C27H27BrCl2N2O4. The number of halogens is 3. The van der Waals surface area contributed by atoms with Crippen molar-refractivity contribution in [2.45, 2.75) is 57.4 Å². The molecule has 0 bridgehead atoms. The SMILES string of the molecule is CCC(c1ccc(NC(=O)c2c(Cl)cccc2Cl)cc1)[C@H](NC1=C(Br)C(=O)C12CCCCC2)C(=O)O. The number of rotatable bonds is 8. The summed E-state index contributed by atoms with van der Waals surface area (Å²) in [7, 11) is 0. The van der Waals surface area contributed by atoms with E-state index in [9.17, 15) is 19.5 Å². The molecule has 190 valence electrons. The molecule has 0 aliphatic heterocycles. The van der Waals surface area contributed by atoms with Crippen LogP contribution in [0.15, 0.2) is 52.6 Å². The number of nitrogens with one attached hydrogen (secondary N) is 2. The molecule has 2 aromatic rings. The van der Waals surface area contributed by atoms with Crippen LogP contribution in [0.5, 0.6) is 0 Å². The van der Waals surface area contributed by atoms with E-state index >= 15 is 0 Å². The number of allylic oxidation sites excluding steroid dienone is 2. The summed E-state index contributed by atoms with van der Waals surface area (Å²) in [4.78, 5) is 37.8. The lowest BCUT2D eigenvalue weighted by Gasteiger charge is -2.46. The lowest BCUT2D eigenvalue weighted by Crippen LogP contribution is -2.54. The Morgan fingerprint density at radius 2 is 1.67 bits per heavy atom. The summed E-state index contributed by atoms with van der Waals surface area (Å²) < 4.78 is 0.460. The largest absolute Gasteiger partial charge is 0.480 e. The van der Waals surface area contributed by atoms with Crippen LogP contribution in [0, 0.1) is 5.41 Å². The highest BCUT2D eigenvalue weighted by molar-refractivity contribution is 9.12.